The fourth-order valence-corrected chi connectivity index (χ4v) is 4.52. The van der Waals surface area contributed by atoms with Gasteiger partial charge >= 0.3 is 0 Å². The van der Waals surface area contributed by atoms with Crippen molar-refractivity contribution in [2.45, 2.75) is 45.1 Å². The molecule has 3 heterocycles. The Hall–Kier alpha value is -2.11. The molecule has 2 fully saturated rings. The molecule has 2 N–H and O–H groups in total. The third-order valence-corrected chi connectivity index (χ3v) is 6.10. The van der Waals surface area contributed by atoms with Gasteiger partial charge in [-0.25, -0.2) is 0 Å². The number of rotatable bonds is 6. The SMILES string of the molecule is CCc1cc(NC(=O)C2CCCN2CC2CCOCC2)[nH]c1-c1ccccc1. The highest BCUT2D eigenvalue weighted by atomic mass is 16.5. The fourth-order valence-electron chi connectivity index (χ4n) is 4.52. The second kappa shape index (κ2) is 8.93. The Morgan fingerprint density at radius 2 is 2.00 bits per heavy atom. The standard InChI is InChI=1S/C23H31N3O2/c1-2-18-15-21(24-22(18)19-7-4-3-5-8-19)25-23(27)20-9-6-12-26(20)16-17-10-13-28-14-11-17/h3-5,7-8,15,17,20,24H,2,6,9-14,16H2,1H3,(H,25,27). The minimum absolute atomic E-state index is 0.0172. The van der Waals surface area contributed by atoms with Crippen LogP contribution in [0.2, 0.25) is 0 Å². The number of aromatic amines is 1. The van der Waals surface area contributed by atoms with Gasteiger partial charge in [0.15, 0.2) is 0 Å². The molecule has 2 aliphatic rings. The summed E-state index contributed by atoms with van der Waals surface area (Å²) in [5.41, 5.74) is 3.48. The number of aryl methyl sites for hydroxylation is 1. The number of H-pyrrole nitrogens is 1. The summed E-state index contributed by atoms with van der Waals surface area (Å²) in [6, 6.07) is 12.4. The van der Waals surface area contributed by atoms with E-state index in [0.717, 1.165) is 75.5 Å². The van der Waals surface area contributed by atoms with Crippen LogP contribution in [0.4, 0.5) is 5.82 Å². The Morgan fingerprint density at radius 1 is 1.21 bits per heavy atom. The van der Waals surface area contributed by atoms with E-state index in [2.05, 4.69) is 40.3 Å². The number of carbonyl (C=O) groups is 1. The number of carbonyl (C=O) groups excluding carboxylic acids is 1. The number of likely N-dealkylation sites (tertiary alicyclic amines) is 1. The minimum atomic E-state index is -0.0172. The van der Waals surface area contributed by atoms with Crippen molar-refractivity contribution in [2.75, 3.05) is 31.6 Å². The lowest BCUT2D eigenvalue weighted by atomic mass is 9.99. The molecule has 0 spiro atoms. The number of benzene rings is 1. The maximum absolute atomic E-state index is 13.0. The fraction of sp³-hybridized carbons (Fsp3) is 0.522. The molecule has 1 aromatic carbocycles. The molecule has 1 amide bonds. The number of nitrogens with one attached hydrogen (secondary N) is 2. The van der Waals surface area contributed by atoms with Gasteiger partial charge in [0.05, 0.1) is 11.7 Å². The van der Waals surface area contributed by atoms with Crippen LogP contribution in [0, 0.1) is 5.92 Å². The van der Waals surface area contributed by atoms with Crippen LogP contribution in [0.3, 0.4) is 0 Å². The molecule has 0 aliphatic carbocycles. The molecule has 0 saturated carbocycles. The topological polar surface area (TPSA) is 57.4 Å². The Labute approximate surface area is 167 Å². The molecule has 2 aromatic rings. The van der Waals surface area contributed by atoms with Gasteiger partial charge in [-0.05, 0) is 61.8 Å². The van der Waals surface area contributed by atoms with Gasteiger partial charge in [0.2, 0.25) is 5.91 Å². The number of aromatic nitrogens is 1. The number of ether oxygens (including phenoxy) is 1. The lowest BCUT2D eigenvalue weighted by Gasteiger charge is -2.30. The van der Waals surface area contributed by atoms with Gasteiger partial charge in [-0.1, -0.05) is 37.3 Å². The van der Waals surface area contributed by atoms with E-state index in [1.807, 2.05) is 18.2 Å². The number of hydrogen-bond acceptors (Lipinski definition) is 3. The first-order valence-electron chi connectivity index (χ1n) is 10.6. The molecule has 1 atom stereocenters. The molecule has 5 heteroatoms. The summed E-state index contributed by atoms with van der Waals surface area (Å²) in [5, 5.41) is 3.16. The van der Waals surface area contributed by atoms with E-state index in [1.165, 1.54) is 5.56 Å². The van der Waals surface area contributed by atoms with Crippen LogP contribution in [-0.2, 0) is 16.0 Å². The van der Waals surface area contributed by atoms with E-state index in [4.69, 9.17) is 4.74 Å². The lowest BCUT2D eigenvalue weighted by molar-refractivity contribution is -0.120. The predicted molar refractivity (Wildman–Crippen MR) is 112 cm³/mol. The average Bonchev–Trinajstić information content (AvgIpc) is 3.36. The molecule has 0 bridgehead atoms. The van der Waals surface area contributed by atoms with Crippen molar-refractivity contribution in [3.63, 3.8) is 0 Å². The lowest BCUT2D eigenvalue weighted by Crippen LogP contribution is -2.42. The van der Waals surface area contributed by atoms with Crippen molar-refractivity contribution in [1.29, 1.82) is 0 Å². The van der Waals surface area contributed by atoms with Crippen LogP contribution < -0.4 is 5.32 Å². The first kappa shape index (κ1) is 19.2. The van der Waals surface area contributed by atoms with Gasteiger partial charge in [0, 0.05) is 19.8 Å². The zero-order valence-electron chi connectivity index (χ0n) is 16.7. The Morgan fingerprint density at radius 3 is 2.75 bits per heavy atom. The van der Waals surface area contributed by atoms with Gasteiger partial charge in [-0.3, -0.25) is 9.69 Å². The van der Waals surface area contributed by atoms with E-state index in [9.17, 15) is 4.79 Å². The highest BCUT2D eigenvalue weighted by Gasteiger charge is 2.32. The molecule has 5 nitrogen and oxygen atoms in total. The number of hydrogen-bond donors (Lipinski definition) is 2. The van der Waals surface area contributed by atoms with Crippen molar-refractivity contribution in [3.8, 4) is 11.3 Å². The van der Waals surface area contributed by atoms with Gasteiger partial charge < -0.3 is 15.0 Å². The molecule has 1 aromatic heterocycles. The number of nitrogens with zero attached hydrogens (tertiary/aromatic N) is 1. The van der Waals surface area contributed by atoms with Crippen LogP contribution in [0.25, 0.3) is 11.3 Å². The molecule has 1 unspecified atom stereocenters. The molecular formula is C23H31N3O2. The highest BCUT2D eigenvalue weighted by molar-refractivity contribution is 5.95. The zero-order valence-corrected chi connectivity index (χ0v) is 16.7. The van der Waals surface area contributed by atoms with Gasteiger partial charge in [-0.15, -0.1) is 0 Å². The second-order valence-corrected chi connectivity index (χ2v) is 8.00. The zero-order chi connectivity index (χ0) is 19.3. The van der Waals surface area contributed by atoms with Crippen molar-refractivity contribution >= 4 is 11.7 Å². The van der Waals surface area contributed by atoms with E-state index in [-0.39, 0.29) is 11.9 Å². The quantitative estimate of drug-likeness (QED) is 0.793. The van der Waals surface area contributed by atoms with E-state index in [1.54, 1.807) is 0 Å². The molecule has 0 radical (unpaired) electrons. The number of amides is 1. The molecule has 4 rings (SSSR count). The van der Waals surface area contributed by atoms with E-state index in [0.29, 0.717) is 5.92 Å². The first-order chi connectivity index (χ1) is 13.7. The number of anilines is 1. The molecule has 2 aliphatic heterocycles. The predicted octanol–water partition coefficient (Wildman–Crippen LogP) is 4.07. The summed E-state index contributed by atoms with van der Waals surface area (Å²) in [6.45, 7) is 5.91. The molecule has 2 saturated heterocycles. The molecule has 150 valence electrons. The van der Waals surface area contributed by atoms with Crippen molar-refractivity contribution in [2.24, 2.45) is 5.92 Å². The van der Waals surface area contributed by atoms with Crippen molar-refractivity contribution < 1.29 is 9.53 Å². The van der Waals surface area contributed by atoms with E-state index < -0.39 is 0 Å². The van der Waals surface area contributed by atoms with Gasteiger partial charge in [-0.2, -0.15) is 0 Å². The summed E-state index contributed by atoms with van der Waals surface area (Å²) >= 11 is 0. The maximum Gasteiger partial charge on any atom is 0.242 e. The van der Waals surface area contributed by atoms with Crippen LogP contribution in [-0.4, -0.2) is 48.1 Å². The maximum atomic E-state index is 13.0. The third kappa shape index (κ3) is 4.31. The third-order valence-electron chi connectivity index (χ3n) is 6.10. The summed E-state index contributed by atoms with van der Waals surface area (Å²) in [6.07, 6.45) is 5.20. The van der Waals surface area contributed by atoms with Gasteiger partial charge in [0.25, 0.3) is 0 Å². The van der Waals surface area contributed by atoms with Crippen molar-refractivity contribution in [1.82, 2.24) is 9.88 Å². The smallest absolute Gasteiger partial charge is 0.242 e. The largest absolute Gasteiger partial charge is 0.381 e. The van der Waals surface area contributed by atoms with Gasteiger partial charge in [0.1, 0.15) is 5.82 Å². The van der Waals surface area contributed by atoms with Crippen LogP contribution in [0.15, 0.2) is 36.4 Å². The normalized spacial score (nSPS) is 21.1. The minimum Gasteiger partial charge on any atom is -0.381 e. The summed E-state index contributed by atoms with van der Waals surface area (Å²) < 4.78 is 5.48. The monoisotopic (exact) mass is 381 g/mol. The Balaban J connectivity index is 1.43. The van der Waals surface area contributed by atoms with Crippen LogP contribution >= 0.6 is 0 Å². The Bertz CT molecular complexity index is 780. The van der Waals surface area contributed by atoms with Crippen molar-refractivity contribution in [3.05, 3.63) is 42.0 Å². The average molecular weight is 382 g/mol. The second-order valence-electron chi connectivity index (χ2n) is 8.00. The Kier molecular flexibility index (Phi) is 6.13. The molecule has 28 heavy (non-hydrogen) atoms. The van der Waals surface area contributed by atoms with Crippen LogP contribution in [0.1, 0.15) is 38.2 Å². The molecular weight excluding hydrogens is 350 g/mol. The summed E-state index contributed by atoms with van der Waals surface area (Å²) in [5.74, 6) is 1.58. The summed E-state index contributed by atoms with van der Waals surface area (Å²) in [4.78, 5) is 18.8. The highest BCUT2D eigenvalue weighted by Crippen LogP contribution is 2.28. The van der Waals surface area contributed by atoms with E-state index >= 15 is 0 Å². The first-order valence-corrected chi connectivity index (χ1v) is 10.6. The summed E-state index contributed by atoms with van der Waals surface area (Å²) in [7, 11) is 0. The van der Waals surface area contributed by atoms with Crippen LogP contribution in [0.5, 0.6) is 0 Å².